The quantitative estimate of drug-likeness (QED) is 0.535. The Balaban J connectivity index is 5.05. The van der Waals surface area contributed by atoms with Gasteiger partial charge in [0.05, 0.1) is 12.8 Å². The Morgan fingerprint density at radius 2 is 1.55 bits per heavy atom. The molecule has 0 saturated carbocycles. The van der Waals surface area contributed by atoms with Crippen LogP contribution in [0.3, 0.4) is 0 Å². The third-order valence-electron chi connectivity index (χ3n) is 1.92. The third kappa shape index (κ3) is 6.83. The van der Waals surface area contributed by atoms with Gasteiger partial charge in [-0.25, -0.2) is 4.79 Å². The van der Waals surface area contributed by atoms with Crippen LogP contribution in [0.25, 0.3) is 0 Å². The maximum Gasteiger partial charge on any atom is 0.346 e. The van der Waals surface area contributed by atoms with Gasteiger partial charge in [-0.3, -0.25) is 14.4 Å². The highest BCUT2D eigenvalue weighted by atomic mass is 16.6. The van der Waals surface area contributed by atoms with Crippen LogP contribution in [0, 0.1) is 0 Å². The second kappa shape index (κ2) is 6.47. The molecule has 1 unspecified atom stereocenters. The van der Waals surface area contributed by atoms with E-state index < -0.39 is 47.9 Å². The molecule has 1 atom stereocenters. The lowest BCUT2D eigenvalue weighted by Crippen LogP contribution is -2.45. The van der Waals surface area contributed by atoms with Crippen molar-refractivity contribution in [1.82, 2.24) is 0 Å². The van der Waals surface area contributed by atoms with E-state index in [1.807, 2.05) is 0 Å². The van der Waals surface area contributed by atoms with Crippen LogP contribution < -0.4 is 0 Å². The zero-order valence-electron chi connectivity index (χ0n) is 11.8. The summed E-state index contributed by atoms with van der Waals surface area (Å²) >= 11 is 0. The first kappa shape index (κ1) is 18.0. The number of carbonyl (C=O) groups excluding carboxylic acids is 3. The van der Waals surface area contributed by atoms with Gasteiger partial charge in [-0.2, -0.15) is 0 Å². The summed E-state index contributed by atoms with van der Waals surface area (Å²) < 4.78 is 9.03. The summed E-state index contributed by atoms with van der Waals surface area (Å²) in [6.07, 6.45) is -2.01. The number of esters is 3. The Labute approximate surface area is 115 Å². The molecule has 0 aromatic heterocycles. The van der Waals surface area contributed by atoms with Crippen molar-refractivity contribution in [3.8, 4) is 0 Å². The lowest BCUT2D eigenvalue weighted by atomic mass is 9.95. The third-order valence-corrected chi connectivity index (χ3v) is 1.92. The van der Waals surface area contributed by atoms with Crippen molar-refractivity contribution >= 4 is 23.9 Å². The molecule has 0 radical (unpaired) electrons. The van der Waals surface area contributed by atoms with Crippen LogP contribution >= 0.6 is 0 Å². The summed E-state index contributed by atoms with van der Waals surface area (Å²) in [4.78, 5) is 44.5. The van der Waals surface area contributed by atoms with Crippen LogP contribution in [0.1, 0.15) is 40.5 Å². The Morgan fingerprint density at radius 3 is 1.90 bits per heavy atom. The lowest BCUT2D eigenvalue weighted by molar-refractivity contribution is -0.183. The van der Waals surface area contributed by atoms with Crippen molar-refractivity contribution in [3.05, 3.63) is 0 Å². The Kier molecular flexibility index (Phi) is 5.83. The Morgan fingerprint density at radius 1 is 1.05 bits per heavy atom. The molecule has 8 nitrogen and oxygen atoms in total. The molecule has 0 aliphatic rings. The first-order valence-electron chi connectivity index (χ1n) is 5.74. The van der Waals surface area contributed by atoms with Gasteiger partial charge in [0, 0.05) is 6.92 Å². The van der Waals surface area contributed by atoms with Crippen LogP contribution in [0.2, 0.25) is 0 Å². The normalized spacial score (nSPS) is 14.1. The molecule has 20 heavy (non-hydrogen) atoms. The molecule has 0 aromatic rings. The standard InChI is InChI=1S/C12H18O8/c1-7(13)19-10(17)12(18,5-8(14)15)6-9(16)20-11(2,3)4/h18H,5-6H2,1-4H3,(H,14,15). The van der Waals surface area contributed by atoms with Crippen molar-refractivity contribution < 1.29 is 38.9 Å². The number of hydrogen-bond acceptors (Lipinski definition) is 7. The van der Waals surface area contributed by atoms with E-state index in [0.29, 0.717) is 0 Å². The van der Waals surface area contributed by atoms with E-state index in [1.54, 1.807) is 20.8 Å². The SMILES string of the molecule is CC(=O)OC(=O)C(O)(CC(=O)O)CC(=O)OC(C)(C)C. The summed E-state index contributed by atoms with van der Waals surface area (Å²) in [7, 11) is 0. The van der Waals surface area contributed by atoms with Gasteiger partial charge in [0.15, 0.2) is 5.60 Å². The van der Waals surface area contributed by atoms with Gasteiger partial charge in [0.25, 0.3) is 0 Å². The minimum absolute atomic E-state index is 0.869. The topological polar surface area (TPSA) is 127 Å². The maximum absolute atomic E-state index is 11.6. The molecule has 114 valence electrons. The van der Waals surface area contributed by atoms with Crippen molar-refractivity contribution in [2.75, 3.05) is 0 Å². The molecular formula is C12H18O8. The predicted octanol–water partition coefficient (Wildman–Crippen LogP) is 0.0137. The molecule has 0 bridgehead atoms. The fourth-order valence-corrected chi connectivity index (χ4v) is 1.30. The van der Waals surface area contributed by atoms with Crippen LogP contribution in [-0.2, 0) is 28.7 Å². The predicted molar refractivity (Wildman–Crippen MR) is 64.4 cm³/mol. The first-order chi connectivity index (χ1) is 8.85. The summed E-state index contributed by atoms with van der Waals surface area (Å²) in [5.41, 5.74) is -3.52. The van der Waals surface area contributed by atoms with Crippen molar-refractivity contribution in [3.63, 3.8) is 0 Å². The van der Waals surface area contributed by atoms with Crippen LogP contribution in [0.4, 0.5) is 0 Å². The van der Waals surface area contributed by atoms with Crippen molar-refractivity contribution in [2.45, 2.75) is 51.7 Å². The van der Waals surface area contributed by atoms with E-state index in [-0.39, 0.29) is 0 Å². The number of carbonyl (C=O) groups is 4. The number of ether oxygens (including phenoxy) is 2. The molecular weight excluding hydrogens is 272 g/mol. The highest BCUT2D eigenvalue weighted by Crippen LogP contribution is 2.21. The van der Waals surface area contributed by atoms with Crippen LogP contribution in [-0.4, -0.2) is 45.3 Å². The summed E-state index contributed by atoms with van der Waals surface area (Å²) in [6.45, 7) is 5.60. The number of hydrogen-bond donors (Lipinski definition) is 2. The van der Waals surface area contributed by atoms with Crippen LogP contribution in [0.15, 0.2) is 0 Å². The zero-order chi connectivity index (χ0) is 16.1. The summed E-state index contributed by atoms with van der Waals surface area (Å²) in [6, 6.07) is 0. The molecule has 0 spiro atoms. The first-order valence-corrected chi connectivity index (χ1v) is 5.74. The maximum atomic E-state index is 11.6. The number of rotatable bonds is 5. The monoisotopic (exact) mass is 290 g/mol. The van der Waals surface area contributed by atoms with E-state index in [0.717, 1.165) is 6.92 Å². The number of carboxylic acid groups (broad SMARTS) is 1. The molecule has 8 heteroatoms. The van der Waals surface area contributed by atoms with Gasteiger partial charge in [-0.1, -0.05) is 0 Å². The second-order valence-electron chi connectivity index (χ2n) is 5.25. The fourth-order valence-electron chi connectivity index (χ4n) is 1.30. The number of aliphatic carboxylic acids is 1. The van der Waals surface area contributed by atoms with Gasteiger partial charge in [-0.05, 0) is 20.8 Å². The molecule has 0 aliphatic carbocycles. The Bertz CT molecular complexity index is 420. The van der Waals surface area contributed by atoms with E-state index in [9.17, 15) is 24.3 Å². The smallest absolute Gasteiger partial charge is 0.346 e. The molecule has 0 heterocycles. The second-order valence-corrected chi connectivity index (χ2v) is 5.25. The summed E-state index contributed by atoms with van der Waals surface area (Å²) in [5, 5.41) is 18.6. The molecule has 0 aliphatic heterocycles. The minimum Gasteiger partial charge on any atom is -0.481 e. The molecule has 2 N–H and O–H groups in total. The van der Waals surface area contributed by atoms with E-state index in [4.69, 9.17) is 9.84 Å². The van der Waals surface area contributed by atoms with E-state index in [2.05, 4.69) is 4.74 Å². The number of aliphatic hydroxyl groups is 1. The number of carboxylic acids is 1. The van der Waals surface area contributed by atoms with Crippen molar-refractivity contribution in [2.24, 2.45) is 0 Å². The molecule has 0 saturated heterocycles. The molecule has 0 amide bonds. The van der Waals surface area contributed by atoms with Gasteiger partial charge in [0.2, 0.25) is 0 Å². The van der Waals surface area contributed by atoms with Crippen molar-refractivity contribution in [1.29, 1.82) is 0 Å². The lowest BCUT2D eigenvalue weighted by Gasteiger charge is -2.25. The molecule has 0 rings (SSSR count). The van der Waals surface area contributed by atoms with E-state index >= 15 is 0 Å². The van der Waals surface area contributed by atoms with E-state index in [1.165, 1.54) is 0 Å². The Hall–Kier alpha value is -1.96. The zero-order valence-corrected chi connectivity index (χ0v) is 11.8. The van der Waals surface area contributed by atoms with Gasteiger partial charge < -0.3 is 19.7 Å². The fraction of sp³-hybridized carbons (Fsp3) is 0.667. The van der Waals surface area contributed by atoms with Gasteiger partial charge >= 0.3 is 23.9 Å². The highest BCUT2D eigenvalue weighted by Gasteiger charge is 2.44. The minimum atomic E-state index is -2.65. The van der Waals surface area contributed by atoms with Crippen LogP contribution in [0.5, 0.6) is 0 Å². The van der Waals surface area contributed by atoms with Gasteiger partial charge in [0.1, 0.15) is 5.60 Å². The highest BCUT2D eigenvalue weighted by molar-refractivity contribution is 5.94. The average Bonchev–Trinajstić information content (AvgIpc) is 2.10. The molecule has 0 fully saturated rings. The molecule has 0 aromatic carbocycles. The summed E-state index contributed by atoms with van der Waals surface area (Å²) in [5.74, 6) is -5.04. The van der Waals surface area contributed by atoms with Gasteiger partial charge in [-0.15, -0.1) is 0 Å². The largest absolute Gasteiger partial charge is 0.481 e. The average molecular weight is 290 g/mol.